The number of rotatable bonds is 4. The van der Waals surface area contributed by atoms with Crippen molar-refractivity contribution in [2.75, 3.05) is 13.3 Å². The Hall–Kier alpha value is -1.36. The fraction of sp³-hybridized carbons (Fsp3) is 0.692. The number of aliphatic hydroxyl groups excluding tert-OH is 1. The molecule has 0 radical (unpaired) electrons. The van der Waals surface area contributed by atoms with Crippen LogP contribution in [-0.2, 0) is 22.9 Å². The van der Waals surface area contributed by atoms with Crippen LogP contribution < -0.4 is 11.2 Å². The lowest BCUT2D eigenvalue weighted by Crippen LogP contribution is -2.52. The zero-order valence-electron chi connectivity index (χ0n) is 13.5. The van der Waals surface area contributed by atoms with E-state index in [0.29, 0.717) is 0 Å². The molecule has 0 aliphatic carbocycles. The van der Waals surface area contributed by atoms with E-state index < -0.39 is 62.5 Å². The Kier molecular flexibility index (Phi) is 4.73. The molecule has 3 rings (SSSR count). The van der Waals surface area contributed by atoms with Crippen molar-refractivity contribution in [3.8, 4) is 0 Å². The number of aromatic amines is 1. The second kappa shape index (κ2) is 6.42. The zero-order valence-corrected chi connectivity index (χ0v) is 14.4. The maximum Gasteiger partial charge on any atom is 0.475 e. The molecule has 10 nitrogen and oxygen atoms in total. The van der Waals surface area contributed by atoms with E-state index in [4.69, 9.17) is 18.3 Å². The van der Waals surface area contributed by atoms with Gasteiger partial charge in [0.1, 0.15) is 18.9 Å². The molecule has 0 amide bonds. The summed E-state index contributed by atoms with van der Waals surface area (Å²) in [6.45, 7) is 1.59. The highest BCUT2D eigenvalue weighted by Crippen LogP contribution is 2.60. The largest absolute Gasteiger partial charge is 0.475 e. The van der Waals surface area contributed by atoms with Gasteiger partial charge in [-0.3, -0.25) is 27.9 Å². The van der Waals surface area contributed by atoms with Crippen LogP contribution in [0, 0.1) is 0 Å². The van der Waals surface area contributed by atoms with Crippen molar-refractivity contribution in [2.45, 2.75) is 44.0 Å². The molecular formula is C13H18FN2O8P. The third-order valence-electron chi connectivity index (χ3n) is 3.88. The highest BCUT2D eigenvalue weighted by molar-refractivity contribution is 7.48. The SMILES string of the molecule is CC(C)OP1(=O)OC[C@@]2(CF)O[C@@H](n3ccc(=O)[nH]c3=O)[C@H](O)[C@@H]2O1. The van der Waals surface area contributed by atoms with Crippen molar-refractivity contribution in [1.29, 1.82) is 0 Å². The van der Waals surface area contributed by atoms with E-state index in [0.717, 1.165) is 16.8 Å². The number of phosphoric ester groups is 1. The molecule has 0 bridgehead atoms. The van der Waals surface area contributed by atoms with Gasteiger partial charge in [0.15, 0.2) is 11.8 Å². The Balaban J connectivity index is 1.94. The number of alkyl halides is 1. The number of aromatic nitrogens is 2. The van der Waals surface area contributed by atoms with E-state index in [1.165, 1.54) is 0 Å². The van der Waals surface area contributed by atoms with E-state index in [1.807, 2.05) is 4.98 Å². The summed E-state index contributed by atoms with van der Waals surface area (Å²) in [4.78, 5) is 25.1. The number of hydrogen-bond donors (Lipinski definition) is 2. The van der Waals surface area contributed by atoms with Crippen molar-refractivity contribution >= 4 is 7.82 Å². The summed E-state index contributed by atoms with van der Waals surface area (Å²) in [7, 11) is -4.02. The molecule has 2 aliphatic rings. The number of hydrogen-bond acceptors (Lipinski definition) is 8. The average molecular weight is 380 g/mol. The molecule has 1 unspecified atom stereocenters. The van der Waals surface area contributed by atoms with E-state index in [1.54, 1.807) is 13.8 Å². The smallest absolute Gasteiger partial charge is 0.386 e. The minimum absolute atomic E-state index is 0.496. The standard InChI is InChI=1S/C13H18FN2O8P/c1-7(2)23-25(20)21-6-13(5-14)10(24-25)9(18)11(22-13)16-4-3-8(17)15-12(16)19/h3-4,7,9-11,18H,5-6H2,1-2H3,(H,15,17,19)/t9-,10+,11-,13-,25?/m1/s1. The van der Waals surface area contributed by atoms with E-state index in [-0.39, 0.29) is 0 Å². The molecule has 12 heteroatoms. The van der Waals surface area contributed by atoms with Crippen LogP contribution in [0.25, 0.3) is 0 Å². The minimum Gasteiger partial charge on any atom is -0.386 e. The van der Waals surface area contributed by atoms with Gasteiger partial charge in [0.25, 0.3) is 5.56 Å². The molecule has 2 saturated heterocycles. The highest BCUT2D eigenvalue weighted by Gasteiger charge is 2.63. The van der Waals surface area contributed by atoms with E-state index in [9.17, 15) is 23.7 Å². The molecule has 0 spiro atoms. The zero-order chi connectivity index (χ0) is 18.4. The summed E-state index contributed by atoms with van der Waals surface area (Å²) in [6, 6.07) is 1.05. The molecule has 0 saturated carbocycles. The molecule has 1 aromatic rings. The molecule has 2 aliphatic heterocycles. The predicted molar refractivity (Wildman–Crippen MR) is 80.8 cm³/mol. The number of fused-ring (bicyclic) bond motifs is 1. The first kappa shape index (κ1) is 18.4. The van der Waals surface area contributed by atoms with Gasteiger partial charge in [-0.05, 0) is 13.8 Å². The fourth-order valence-electron chi connectivity index (χ4n) is 2.78. The van der Waals surface area contributed by atoms with Crippen LogP contribution in [0.4, 0.5) is 4.39 Å². The monoisotopic (exact) mass is 380 g/mol. The second-order valence-electron chi connectivity index (χ2n) is 6.12. The lowest BCUT2D eigenvalue weighted by molar-refractivity contribution is -0.156. The van der Waals surface area contributed by atoms with Crippen molar-refractivity contribution in [2.24, 2.45) is 0 Å². The van der Waals surface area contributed by atoms with Gasteiger partial charge in [0.2, 0.25) is 0 Å². The molecule has 3 heterocycles. The lowest BCUT2D eigenvalue weighted by atomic mass is 9.97. The minimum atomic E-state index is -4.02. The van der Waals surface area contributed by atoms with E-state index >= 15 is 0 Å². The molecule has 5 atom stereocenters. The number of halogens is 1. The Morgan fingerprint density at radius 1 is 1.56 bits per heavy atom. The van der Waals surface area contributed by atoms with Gasteiger partial charge in [0.05, 0.1) is 12.7 Å². The summed E-state index contributed by atoms with van der Waals surface area (Å²) in [5.74, 6) is 0. The first-order valence-electron chi connectivity index (χ1n) is 7.54. The van der Waals surface area contributed by atoms with Gasteiger partial charge in [-0.25, -0.2) is 13.8 Å². The number of aliphatic hydroxyl groups is 1. The number of H-pyrrole nitrogens is 1. The van der Waals surface area contributed by atoms with Crippen molar-refractivity contribution in [1.82, 2.24) is 9.55 Å². The summed E-state index contributed by atoms with van der Waals surface area (Å²) >= 11 is 0. The molecule has 140 valence electrons. The first-order chi connectivity index (χ1) is 11.7. The maximum absolute atomic E-state index is 13.7. The molecule has 2 fully saturated rings. The highest BCUT2D eigenvalue weighted by atomic mass is 31.2. The van der Waals surface area contributed by atoms with Crippen LogP contribution >= 0.6 is 7.82 Å². The van der Waals surface area contributed by atoms with Gasteiger partial charge >= 0.3 is 13.5 Å². The van der Waals surface area contributed by atoms with Crippen LogP contribution in [0.1, 0.15) is 20.1 Å². The molecule has 0 aromatic carbocycles. The van der Waals surface area contributed by atoms with Crippen LogP contribution in [0.5, 0.6) is 0 Å². The van der Waals surface area contributed by atoms with Crippen LogP contribution in [0.2, 0.25) is 0 Å². The third-order valence-corrected chi connectivity index (χ3v) is 5.49. The summed E-state index contributed by atoms with van der Waals surface area (Å²) in [5, 5.41) is 10.5. The van der Waals surface area contributed by atoms with E-state index in [2.05, 4.69) is 0 Å². The number of nitrogens with zero attached hydrogens (tertiary/aromatic N) is 1. The molecule has 1 aromatic heterocycles. The van der Waals surface area contributed by atoms with Gasteiger partial charge < -0.3 is 9.84 Å². The van der Waals surface area contributed by atoms with Crippen molar-refractivity contribution < 1.29 is 32.4 Å². The summed E-state index contributed by atoms with van der Waals surface area (Å²) in [6.07, 6.45) is -3.70. The third kappa shape index (κ3) is 3.23. The van der Waals surface area contributed by atoms with Crippen LogP contribution in [-0.4, -0.2) is 51.9 Å². The lowest BCUT2D eigenvalue weighted by Gasteiger charge is -2.38. The first-order valence-corrected chi connectivity index (χ1v) is 9.00. The Labute approximate surface area is 141 Å². The van der Waals surface area contributed by atoms with Crippen molar-refractivity contribution in [3.63, 3.8) is 0 Å². The van der Waals surface area contributed by atoms with Gasteiger partial charge in [-0.1, -0.05) is 0 Å². The van der Waals surface area contributed by atoms with Crippen molar-refractivity contribution in [3.05, 3.63) is 33.1 Å². The molecule has 2 N–H and O–H groups in total. The van der Waals surface area contributed by atoms with Crippen LogP contribution in [0.3, 0.4) is 0 Å². The van der Waals surface area contributed by atoms with Gasteiger partial charge in [-0.2, -0.15) is 0 Å². The number of ether oxygens (including phenoxy) is 1. The van der Waals surface area contributed by atoms with Crippen LogP contribution in [0.15, 0.2) is 21.9 Å². The van der Waals surface area contributed by atoms with Gasteiger partial charge in [0, 0.05) is 12.3 Å². The predicted octanol–water partition coefficient (Wildman–Crippen LogP) is 0.0831. The average Bonchev–Trinajstić information content (AvgIpc) is 2.80. The summed E-state index contributed by atoms with van der Waals surface area (Å²) < 4.78 is 48.0. The normalized spacial score (nSPS) is 38.0. The second-order valence-corrected chi connectivity index (χ2v) is 7.69. The number of nitrogens with one attached hydrogen (secondary N) is 1. The molecular weight excluding hydrogens is 362 g/mol. The summed E-state index contributed by atoms with van der Waals surface area (Å²) in [5.41, 5.74) is -3.25. The maximum atomic E-state index is 13.7. The molecule has 25 heavy (non-hydrogen) atoms. The fourth-order valence-corrected chi connectivity index (χ4v) is 4.44. The number of phosphoric acid groups is 1. The Bertz CT molecular complexity index is 810. The Morgan fingerprint density at radius 3 is 2.88 bits per heavy atom. The Morgan fingerprint density at radius 2 is 2.28 bits per heavy atom. The topological polar surface area (TPSA) is 129 Å². The van der Waals surface area contributed by atoms with Gasteiger partial charge in [-0.15, -0.1) is 0 Å². The quantitative estimate of drug-likeness (QED) is 0.703.